The van der Waals surface area contributed by atoms with Crippen LogP contribution in [0, 0.1) is 0 Å². The number of methoxy groups -OCH3 is 2. The summed E-state index contributed by atoms with van der Waals surface area (Å²) in [6, 6.07) is 17.8. The van der Waals surface area contributed by atoms with Gasteiger partial charge in [0.05, 0.1) is 26.2 Å². The highest BCUT2D eigenvalue weighted by molar-refractivity contribution is 7.92. The van der Waals surface area contributed by atoms with Crippen LogP contribution in [0.1, 0.15) is 24.5 Å². The third-order valence-corrected chi connectivity index (χ3v) is 8.22. The van der Waals surface area contributed by atoms with Gasteiger partial charge in [-0.15, -0.1) is 0 Å². The highest BCUT2D eigenvalue weighted by atomic mass is 35.5. The molecule has 1 atom stereocenters. The molecule has 2 amide bonds. The maximum atomic E-state index is 14.2. The summed E-state index contributed by atoms with van der Waals surface area (Å²) in [6.45, 7) is 1.67. The molecule has 3 aromatic carbocycles. The summed E-state index contributed by atoms with van der Waals surface area (Å²) in [5.41, 5.74) is 1.52. The molecule has 0 unspecified atom stereocenters. The van der Waals surface area contributed by atoms with E-state index >= 15 is 0 Å². The smallest absolute Gasteiger partial charge is 0.244 e. The Kier molecular flexibility index (Phi) is 11.9. The predicted octanol–water partition coefficient (Wildman–Crippen LogP) is 4.94. The van der Waals surface area contributed by atoms with Gasteiger partial charge in [0.25, 0.3) is 0 Å². The lowest BCUT2D eigenvalue weighted by molar-refractivity contribution is -0.140. The van der Waals surface area contributed by atoms with Crippen molar-refractivity contribution < 1.29 is 27.5 Å². The van der Waals surface area contributed by atoms with Crippen molar-refractivity contribution in [2.75, 3.05) is 37.9 Å². The third kappa shape index (κ3) is 8.77. The minimum Gasteiger partial charge on any atom is -0.497 e. The van der Waals surface area contributed by atoms with Gasteiger partial charge in [0.2, 0.25) is 21.8 Å². The fourth-order valence-corrected chi connectivity index (χ4v) is 5.66. The van der Waals surface area contributed by atoms with Crippen molar-refractivity contribution in [2.45, 2.75) is 32.4 Å². The molecule has 0 bridgehead atoms. The van der Waals surface area contributed by atoms with E-state index in [2.05, 4.69) is 5.32 Å². The summed E-state index contributed by atoms with van der Waals surface area (Å²) >= 11 is 12.6. The molecular weight excluding hydrogens is 601 g/mol. The summed E-state index contributed by atoms with van der Waals surface area (Å²) in [4.78, 5) is 29.1. The topological polar surface area (TPSA) is 105 Å². The van der Waals surface area contributed by atoms with Crippen LogP contribution in [0.4, 0.5) is 5.69 Å². The SMILES string of the molecule is CCCNC(=O)[C@@H](Cc1ccccc1)N(Cc1ccc(Cl)cc1Cl)C(=O)CN(c1ccc(OC)cc1OC)S(C)(=O)=O. The van der Waals surface area contributed by atoms with E-state index in [0.717, 1.165) is 16.1 Å². The second-order valence-corrected chi connectivity index (χ2v) is 12.3. The molecule has 9 nitrogen and oxygen atoms in total. The molecule has 12 heteroatoms. The van der Waals surface area contributed by atoms with Gasteiger partial charge in [-0.25, -0.2) is 8.42 Å². The number of hydrogen-bond acceptors (Lipinski definition) is 6. The minimum absolute atomic E-state index is 0.0662. The molecule has 0 aliphatic carbocycles. The zero-order valence-electron chi connectivity index (χ0n) is 24.0. The number of amides is 2. The van der Waals surface area contributed by atoms with Crippen LogP contribution >= 0.6 is 23.2 Å². The molecule has 0 aliphatic heterocycles. The third-order valence-electron chi connectivity index (χ3n) is 6.51. The van der Waals surface area contributed by atoms with Crippen LogP contribution in [0.15, 0.2) is 66.7 Å². The van der Waals surface area contributed by atoms with E-state index in [1.54, 1.807) is 24.3 Å². The molecule has 0 radical (unpaired) electrons. The van der Waals surface area contributed by atoms with Crippen molar-refractivity contribution in [3.63, 3.8) is 0 Å². The number of anilines is 1. The Bertz CT molecular complexity index is 1490. The number of hydrogen-bond donors (Lipinski definition) is 1. The van der Waals surface area contributed by atoms with E-state index in [-0.39, 0.29) is 30.3 Å². The monoisotopic (exact) mass is 635 g/mol. The first-order valence-electron chi connectivity index (χ1n) is 13.2. The van der Waals surface area contributed by atoms with Crippen LogP contribution in [0.3, 0.4) is 0 Å². The number of nitrogens with one attached hydrogen (secondary N) is 1. The molecule has 0 aromatic heterocycles. The van der Waals surface area contributed by atoms with E-state index in [9.17, 15) is 18.0 Å². The van der Waals surface area contributed by atoms with Gasteiger partial charge in [-0.1, -0.05) is 66.5 Å². The number of carbonyl (C=O) groups excluding carboxylic acids is 2. The number of sulfonamides is 1. The molecule has 226 valence electrons. The Hall–Kier alpha value is -3.47. The van der Waals surface area contributed by atoms with Gasteiger partial charge in [-0.2, -0.15) is 0 Å². The molecule has 3 rings (SSSR count). The summed E-state index contributed by atoms with van der Waals surface area (Å²) < 4.78 is 37.7. The highest BCUT2D eigenvalue weighted by Crippen LogP contribution is 2.34. The molecule has 42 heavy (non-hydrogen) atoms. The maximum absolute atomic E-state index is 14.2. The van der Waals surface area contributed by atoms with E-state index in [1.807, 2.05) is 37.3 Å². The van der Waals surface area contributed by atoms with Gasteiger partial charge in [-0.3, -0.25) is 13.9 Å². The average Bonchev–Trinajstić information content (AvgIpc) is 2.96. The van der Waals surface area contributed by atoms with Gasteiger partial charge in [0, 0.05) is 35.6 Å². The van der Waals surface area contributed by atoms with Gasteiger partial charge < -0.3 is 19.7 Å². The first-order chi connectivity index (χ1) is 20.0. The minimum atomic E-state index is -3.98. The Labute approximate surface area is 257 Å². The first-order valence-corrected chi connectivity index (χ1v) is 15.8. The van der Waals surface area contributed by atoms with Crippen LogP contribution in [-0.2, 0) is 32.6 Å². The molecule has 0 saturated carbocycles. The highest BCUT2D eigenvalue weighted by Gasteiger charge is 2.34. The zero-order chi connectivity index (χ0) is 30.9. The predicted molar refractivity (Wildman–Crippen MR) is 166 cm³/mol. The number of nitrogens with zero attached hydrogens (tertiary/aromatic N) is 2. The summed E-state index contributed by atoms with van der Waals surface area (Å²) in [7, 11) is -1.12. The van der Waals surface area contributed by atoms with Crippen LogP contribution in [0.5, 0.6) is 11.5 Å². The van der Waals surface area contributed by atoms with Crippen LogP contribution in [0.25, 0.3) is 0 Å². The standard InChI is InChI=1S/C30H35Cl2N3O6S/c1-5-15-33-30(37)27(16-21-9-7-6-8-10-21)34(19-22-11-12-23(31)17-25(22)32)29(36)20-35(42(4,38)39)26-14-13-24(40-2)18-28(26)41-3/h6-14,17-18,27H,5,15-16,19-20H2,1-4H3,(H,33,37)/t27-/m1/s1. The molecule has 0 heterocycles. The molecule has 0 saturated heterocycles. The molecule has 1 N–H and O–H groups in total. The summed E-state index contributed by atoms with van der Waals surface area (Å²) in [6.07, 6.45) is 1.89. The van der Waals surface area contributed by atoms with Crippen molar-refractivity contribution in [1.29, 1.82) is 0 Å². The Morgan fingerprint density at radius 1 is 0.976 bits per heavy atom. The van der Waals surface area contributed by atoms with Crippen LogP contribution < -0.4 is 19.1 Å². The molecule has 0 fully saturated rings. The average molecular weight is 637 g/mol. The first kappa shape index (κ1) is 33.0. The zero-order valence-corrected chi connectivity index (χ0v) is 26.3. The second kappa shape index (κ2) is 15.1. The fraction of sp³-hybridized carbons (Fsp3) is 0.333. The van der Waals surface area contributed by atoms with E-state index in [4.69, 9.17) is 32.7 Å². The Morgan fingerprint density at radius 2 is 1.69 bits per heavy atom. The normalized spacial score (nSPS) is 11.9. The van der Waals surface area contributed by atoms with Gasteiger partial charge in [0.1, 0.15) is 24.1 Å². The van der Waals surface area contributed by atoms with Gasteiger partial charge in [-0.05, 0) is 41.8 Å². The van der Waals surface area contributed by atoms with Crippen molar-refractivity contribution in [3.8, 4) is 11.5 Å². The lowest BCUT2D eigenvalue weighted by Gasteiger charge is -2.34. The van der Waals surface area contributed by atoms with Gasteiger partial charge >= 0.3 is 0 Å². The van der Waals surface area contributed by atoms with Crippen molar-refractivity contribution >= 4 is 50.7 Å². The van der Waals surface area contributed by atoms with Crippen molar-refractivity contribution in [3.05, 3.63) is 87.9 Å². The van der Waals surface area contributed by atoms with E-state index < -0.39 is 28.5 Å². The molecule has 0 spiro atoms. The second-order valence-electron chi connectivity index (χ2n) is 9.56. The lowest BCUT2D eigenvalue weighted by atomic mass is 10.0. The maximum Gasteiger partial charge on any atom is 0.244 e. The van der Waals surface area contributed by atoms with Crippen LogP contribution in [-0.4, -0.2) is 64.7 Å². The van der Waals surface area contributed by atoms with Crippen molar-refractivity contribution in [1.82, 2.24) is 10.2 Å². The lowest BCUT2D eigenvalue weighted by Crippen LogP contribution is -2.53. The number of ether oxygens (including phenoxy) is 2. The van der Waals surface area contributed by atoms with Gasteiger partial charge in [0.15, 0.2) is 0 Å². The number of rotatable bonds is 14. The number of carbonyl (C=O) groups is 2. The summed E-state index contributed by atoms with van der Waals surface area (Å²) in [5, 5.41) is 3.62. The number of halogens is 2. The molecule has 3 aromatic rings. The molecular formula is C30H35Cl2N3O6S. The Balaban J connectivity index is 2.11. The summed E-state index contributed by atoms with van der Waals surface area (Å²) in [5.74, 6) is -0.338. The molecule has 0 aliphatic rings. The van der Waals surface area contributed by atoms with E-state index in [1.165, 1.54) is 31.3 Å². The van der Waals surface area contributed by atoms with E-state index in [0.29, 0.717) is 34.3 Å². The fourth-order valence-electron chi connectivity index (χ4n) is 4.34. The van der Waals surface area contributed by atoms with Crippen molar-refractivity contribution in [2.24, 2.45) is 0 Å². The van der Waals surface area contributed by atoms with Crippen LogP contribution in [0.2, 0.25) is 10.0 Å². The number of benzene rings is 3. The Morgan fingerprint density at radius 3 is 2.29 bits per heavy atom. The largest absolute Gasteiger partial charge is 0.497 e. The quantitative estimate of drug-likeness (QED) is 0.269.